The van der Waals surface area contributed by atoms with E-state index in [1.807, 2.05) is 6.07 Å². The molecule has 0 saturated heterocycles. The standard InChI is InChI=1S/C11H16BrNO2/c1-3-4-9(13)7-5-8(12)11(14)10(6-7)15-2/h5-6,9,14H,3-4,13H2,1-2H3/t9-/m1/s1. The van der Waals surface area contributed by atoms with Gasteiger partial charge in [-0.2, -0.15) is 0 Å². The third-order valence-corrected chi connectivity index (χ3v) is 2.90. The van der Waals surface area contributed by atoms with Crippen LogP contribution in [0.5, 0.6) is 11.5 Å². The summed E-state index contributed by atoms with van der Waals surface area (Å²) in [4.78, 5) is 0. The van der Waals surface area contributed by atoms with E-state index in [1.165, 1.54) is 7.11 Å². The molecule has 1 aromatic rings. The van der Waals surface area contributed by atoms with Gasteiger partial charge in [-0.25, -0.2) is 0 Å². The van der Waals surface area contributed by atoms with Crippen LogP contribution in [0.25, 0.3) is 0 Å². The monoisotopic (exact) mass is 273 g/mol. The van der Waals surface area contributed by atoms with Gasteiger partial charge in [0.05, 0.1) is 11.6 Å². The second-order valence-electron chi connectivity index (χ2n) is 3.45. The van der Waals surface area contributed by atoms with E-state index in [4.69, 9.17) is 10.5 Å². The first-order valence-electron chi connectivity index (χ1n) is 4.92. The van der Waals surface area contributed by atoms with Crippen LogP contribution in [0.2, 0.25) is 0 Å². The van der Waals surface area contributed by atoms with Gasteiger partial charge in [-0.15, -0.1) is 0 Å². The fourth-order valence-electron chi connectivity index (χ4n) is 1.44. The summed E-state index contributed by atoms with van der Waals surface area (Å²) >= 11 is 3.27. The molecule has 4 heteroatoms. The van der Waals surface area contributed by atoms with E-state index in [2.05, 4.69) is 22.9 Å². The van der Waals surface area contributed by atoms with E-state index >= 15 is 0 Å². The summed E-state index contributed by atoms with van der Waals surface area (Å²) in [7, 11) is 1.52. The summed E-state index contributed by atoms with van der Waals surface area (Å²) in [6, 6.07) is 3.60. The number of phenolic OH excluding ortho intramolecular Hbond substituents is 1. The number of nitrogens with two attached hydrogens (primary N) is 1. The minimum Gasteiger partial charge on any atom is -0.503 e. The Kier molecular flexibility index (Phi) is 4.42. The summed E-state index contributed by atoms with van der Waals surface area (Å²) in [6.45, 7) is 2.09. The van der Waals surface area contributed by atoms with E-state index in [1.54, 1.807) is 6.07 Å². The Hall–Kier alpha value is -0.740. The SMILES string of the molecule is CCC[C@@H](N)c1cc(Br)c(O)c(OC)c1. The topological polar surface area (TPSA) is 55.5 Å². The Balaban J connectivity index is 3.05. The Morgan fingerprint density at radius 1 is 1.53 bits per heavy atom. The van der Waals surface area contributed by atoms with Gasteiger partial charge in [0.15, 0.2) is 11.5 Å². The highest BCUT2D eigenvalue weighted by Crippen LogP contribution is 2.37. The number of phenols is 1. The van der Waals surface area contributed by atoms with Gasteiger partial charge in [-0.05, 0) is 40.0 Å². The number of hydrogen-bond donors (Lipinski definition) is 2. The second kappa shape index (κ2) is 5.37. The molecule has 1 aromatic carbocycles. The molecular formula is C11H16BrNO2. The zero-order valence-electron chi connectivity index (χ0n) is 8.96. The van der Waals surface area contributed by atoms with Crippen molar-refractivity contribution in [1.29, 1.82) is 0 Å². The average Bonchev–Trinajstić information content (AvgIpc) is 2.22. The maximum Gasteiger partial charge on any atom is 0.172 e. The van der Waals surface area contributed by atoms with Crippen molar-refractivity contribution < 1.29 is 9.84 Å². The van der Waals surface area contributed by atoms with Gasteiger partial charge in [-0.1, -0.05) is 13.3 Å². The van der Waals surface area contributed by atoms with E-state index in [9.17, 15) is 5.11 Å². The van der Waals surface area contributed by atoms with Crippen molar-refractivity contribution in [1.82, 2.24) is 0 Å². The lowest BCUT2D eigenvalue weighted by Gasteiger charge is -2.14. The molecule has 0 amide bonds. The summed E-state index contributed by atoms with van der Waals surface area (Å²) in [5.41, 5.74) is 6.96. The van der Waals surface area contributed by atoms with Crippen molar-refractivity contribution in [2.75, 3.05) is 7.11 Å². The van der Waals surface area contributed by atoms with Crippen LogP contribution in [-0.2, 0) is 0 Å². The van der Waals surface area contributed by atoms with Crippen LogP contribution < -0.4 is 10.5 Å². The number of aromatic hydroxyl groups is 1. The zero-order valence-corrected chi connectivity index (χ0v) is 10.5. The highest BCUT2D eigenvalue weighted by molar-refractivity contribution is 9.10. The molecule has 1 atom stereocenters. The van der Waals surface area contributed by atoms with E-state index < -0.39 is 0 Å². The number of ether oxygens (including phenoxy) is 1. The third-order valence-electron chi connectivity index (χ3n) is 2.30. The molecule has 0 aliphatic heterocycles. The fourth-order valence-corrected chi connectivity index (χ4v) is 1.90. The first kappa shape index (κ1) is 12.3. The molecule has 0 radical (unpaired) electrons. The van der Waals surface area contributed by atoms with Crippen LogP contribution in [0.4, 0.5) is 0 Å². The molecule has 1 rings (SSSR count). The molecule has 15 heavy (non-hydrogen) atoms. The number of halogens is 1. The Bertz CT molecular complexity index is 342. The van der Waals surface area contributed by atoms with Crippen LogP contribution in [0.1, 0.15) is 31.4 Å². The molecule has 0 aromatic heterocycles. The van der Waals surface area contributed by atoms with Gasteiger partial charge in [-0.3, -0.25) is 0 Å². The van der Waals surface area contributed by atoms with Crippen LogP contribution in [0.15, 0.2) is 16.6 Å². The highest BCUT2D eigenvalue weighted by Gasteiger charge is 2.12. The van der Waals surface area contributed by atoms with Gasteiger partial charge in [0.1, 0.15) is 0 Å². The zero-order chi connectivity index (χ0) is 11.4. The maximum atomic E-state index is 9.62. The molecule has 3 N–H and O–H groups in total. The molecule has 0 fully saturated rings. The molecule has 0 unspecified atom stereocenters. The molecule has 0 spiro atoms. The van der Waals surface area contributed by atoms with E-state index in [0.717, 1.165) is 18.4 Å². The fraction of sp³-hybridized carbons (Fsp3) is 0.455. The molecule has 3 nitrogen and oxygen atoms in total. The van der Waals surface area contributed by atoms with Gasteiger partial charge in [0.25, 0.3) is 0 Å². The predicted molar refractivity (Wildman–Crippen MR) is 64.2 cm³/mol. The first-order chi connectivity index (χ1) is 7.10. The van der Waals surface area contributed by atoms with Crippen LogP contribution in [-0.4, -0.2) is 12.2 Å². The van der Waals surface area contributed by atoms with Crippen molar-refractivity contribution in [3.05, 3.63) is 22.2 Å². The smallest absolute Gasteiger partial charge is 0.172 e. The van der Waals surface area contributed by atoms with Gasteiger partial charge in [0, 0.05) is 6.04 Å². The minimum absolute atomic E-state index is 0.0131. The highest BCUT2D eigenvalue weighted by atomic mass is 79.9. The van der Waals surface area contributed by atoms with Crippen molar-refractivity contribution >= 4 is 15.9 Å². The predicted octanol–water partition coefficient (Wildman–Crippen LogP) is 2.96. The average molecular weight is 274 g/mol. The summed E-state index contributed by atoms with van der Waals surface area (Å²) < 4.78 is 5.67. The van der Waals surface area contributed by atoms with Crippen molar-refractivity contribution in [2.24, 2.45) is 5.73 Å². The van der Waals surface area contributed by atoms with Crippen LogP contribution in [0, 0.1) is 0 Å². The number of rotatable bonds is 4. The quantitative estimate of drug-likeness (QED) is 0.887. The maximum absolute atomic E-state index is 9.62. The van der Waals surface area contributed by atoms with Crippen molar-refractivity contribution in [3.8, 4) is 11.5 Å². The Morgan fingerprint density at radius 2 is 2.20 bits per heavy atom. The molecular weight excluding hydrogens is 258 g/mol. The lowest BCUT2D eigenvalue weighted by Crippen LogP contribution is -2.09. The van der Waals surface area contributed by atoms with Crippen LogP contribution in [0.3, 0.4) is 0 Å². The summed E-state index contributed by atoms with van der Waals surface area (Å²) in [6.07, 6.45) is 1.95. The number of hydrogen-bond acceptors (Lipinski definition) is 3. The molecule has 0 heterocycles. The summed E-state index contributed by atoms with van der Waals surface area (Å²) in [5, 5.41) is 9.62. The molecule has 0 saturated carbocycles. The van der Waals surface area contributed by atoms with E-state index in [-0.39, 0.29) is 11.8 Å². The van der Waals surface area contributed by atoms with Gasteiger partial charge < -0.3 is 15.6 Å². The van der Waals surface area contributed by atoms with Gasteiger partial charge >= 0.3 is 0 Å². The molecule has 84 valence electrons. The molecule has 0 aliphatic carbocycles. The Morgan fingerprint density at radius 3 is 2.73 bits per heavy atom. The Labute approximate surface area is 98.4 Å². The minimum atomic E-state index is -0.0131. The normalized spacial score (nSPS) is 12.5. The largest absolute Gasteiger partial charge is 0.503 e. The lowest BCUT2D eigenvalue weighted by atomic mass is 10.0. The molecule has 0 aliphatic rings. The summed E-state index contributed by atoms with van der Waals surface area (Å²) in [5.74, 6) is 0.566. The van der Waals surface area contributed by atoms with Gasteiger partial charge in [0.2, 0.25) is 0 Å². The lowest BCUT2D eigenvalue weighted by molar-refractivity contribution is 0.371. The third kappa shape index (κ3) is 2.86. The van der Waals surface area contributed by atoms with Crippen molar-refractivity contribution in [2.45, 2.75) is 25.8 Å². The first-order valence-corrected chi connectivity index (χ1v) is 5.71. The second-order valence-corrected chi connectivity index (χ2v) is 4.30. The van der Waals surface area contributed by atoms with Crippen molar-refractivity contribution in [3.63, 3.8) is 0 Å². The van der Waals surface area contributed by atoms with Crippen LogP contribution >= 0.6 is 15.9 Å². The number of benzene rings is 1. The number of methoxy groups -OCH3 is 1. The molecule has 0 bridgehead atoms. The van der Waals surface area contributed by atoms with E-state index in [0.29, 0.717) is 10.2 Å².